The molecule has 0 atom stereocenters. The lowest BCUT2D eigenvalue weighted by molar-refractivity contribution is 0.0908. The molecule has 0 radical (unpaired) electrons. The predicted molar refractivity (Wildman–Crippen MR) is 73.3 cm³/mol. The van der Waals surface area contributed by atoms with Crippen molar-refractivity contribution in [3.8, 4) is 0 Å². The van der Waals surface area contributed by atoms with E-state index in [1.54, 1.807) is 30.5 Å². The van der Waals surface area contributed by atoms with Crippen LogP contribution in [-0.2, 0) is 13.1 Å². The molecule has 0 fully saturated rings. The first-order valence-corrected chi connectivity index (χ1v) is 6.61. The summed E-state index contributed by atoms with van der Waals surface area (Å²) in [4.78, 5) is 18.6. The molecule has 0 N–H and O–H groups in total. The van der Waals surface area contributed by atoms with Crippen molar-refractivity contribution < 1.29 is 4.79 Å². The largest absolute Gasteiger partial charge is 0.333 e. The second kappa shape index (κ2) is 5.15. The van der Waals surface area contributed by atoms with Crippen molar-refractivity contribution in [2.45, 2.75) is 13.1 Å². The van der Waals surface area contributed by atoms with Crippen molar-refractivity contribution in [1.29, 1.82) is 0 Å². The zero-order valence-corrected chi connectivity index (χ0v) is 11.2. The summed E-state index contributed by atoms with van der Waals surface area (Å²) in [5, 5.41) is 0.650. The molecule has 0 spiro atoms. The van der Waals surface area contributed by atoms with E-state index in [-0.39, 0.29) is 5.78 Å². The second-order valence-corrected chi connectivity index (χ2v) is 5.11. The van der Waals surface area contributed by atoms with Crippen molar-refractivity contribution in [2.24, 2.45) is 0 Å². The normalized spacial score (nSPS) is 15.2. The van der Waals surface area contributed by atoms with Crippen molar-refractivity contribution in [3.05, 3.63) is 53.1 Å². The average Bonchev–Trinajstić information content (AvgIpc) is 2.87. The van der Waals surface area contributed by atoms with Crippen LogP contribution in [0.4, 0.5) is 0 Å². The van der Waals surface area contributed by atoms with Crippen molar-refractivity contribution in [2.75, 3.05) is 13.1 Å². The van der Waals surface area contributed by atoms with Gasteiger partial charge in [0.2, 0.25) is 0 Å². The molecule has 5 heteroatoms. The van der Waals surface area contributed by atoms with Crippen molar-refractivity contribution >= 4 is 17.4 Å². The van der Waals surface area contributed by atoms with Gasteiger partial charge in [-0.1, -0.05) is 11.6 Å². The van der Waals surface area contributed by atoms with Crippen LogP contribution in [0.1, 0.15) is 16.2 Å². The lowest BCUT2D eigenvalue weighted by atomic mass is 10.1. The first kappa shape index (κ1) is 12.4. The van der Waals surface area contributed by atoms with Crippen LogP contribution in [-0.4, -0.2) is 33.3 Å². The molecule has 0 aliphatic carbocycles. The third-order valence-corrected chi connectivity index (χ3v) is 3.61. The zero-order valence-electron chi connectivity index (χ0n) is 10.4. The number of hydrogen-bond acceptors (Lipinski definition) is 3. The van der Waals surface area contributed by atoms with Gasteiger partial charge < -0.3 is 4.57 Å². The number of nitrogens with zero attached hydrogens (tertiary/aromatic N) is 3. The minimum atomic E-state index is 0.122. The molecule has 98 valence electrons. The highest BCUT2D eigenvalue weighted by atomic mass is 35.5. The number of imidazole rings is 1. The Hall–Kier alpha value is -1.65. The van der Waals surface area contributed by atoms with Gasteiger partial charge in [-0.25, -0.2) is 4.98 Å². The monoisotopic (exact) mass is 275 g/mol. The SMILES string of the molecule is O=C(CN1CCn2ccnc2C1)c1ccc(Cl)cc1. The standard InChI is InChI=1S/C14H14ClN3O/c15-12-3-1-11(2-4-12)13(19)9-17-7-8-18-6-5-16-14(18)10-17/h1-6H,7-10H2. The molecule has 2 heterocycles. The molecule has 3 rings (SSSR count). The zero-order chi connectivity index (χ0) is 13.2. The Balaban J connectivity index is 1.66. The summed E-state index contributed by atoms with van der Waals surface area (Å²) in [5.41, 5.74) is 0.707. The van der Waals surface area contributed by atoms with Gasteiger partial charge in [-0.05, 0) is 24.3 Å². The summed E-state index contributed by atoms with van der Waals surface area (Å²) in [7, 11) is 0. The van der Waals surface area contributed by atoms with Crippen LogP contribution >= 0.6 is 11.6 Å². The maximum atomic E-state index is 12.2. The molecule has 1 aliphatic rings. The number of carbonyl (C=O) groups excluding carboxylic acids is 1. The number of hydrogen-bond donors (Lipinski definition) is 0. The second-order valence-electron chi connectivity index (χ2n) is 4.68. The van der Waals surface area contributed by atoms with Crippen molar-refractivity contribution in [1.82, 2.24) is 14.5 Å². The van der Waals surface area contributed by atoms with Gasteiger partial charge >= 0.3 is 0 Å². The van der Waals surface area contributed by atoms with E-state index in [0.717, 1.165) is 25.5 Å². The lowest BCUT2D eigenvalue weighted by Crippen LogP contribution is -2.37. The number of ketones is 1. The maximum Gasteiger partial charge on any atom is 0.176 e. The fourth-order valence-electron chi connectivity index (χ4n) is 2.29. The average molecular weight is 276 g/mol. The number of benzene rings is 1. The fraction of sp³-hybridized carbons (Fsp3) is 0.286. The number of carbonyl (C=O) groups is 1. The number of rotatable bonds is 3. The van der Waals surface area contributed by atoms with E-state index in [1.165, 1.54) is 0 Å². The highest BCUT2D eigenvalue weighted by Crippen LogP contribution is 2.13. The van der Waals surface area contributed by atoms with Gasteiger partial charge in [0.15, 0.2) is 5.78 Å². The smallest absolute Gasteiger partial charge is 0.176 e. The van der Waals surface area contributed by atoms with Crippen LogP contribution in [0.2, 0.25) is 5.02 Å². The molecule has 1 aromatic carbocycles. The van der Waals surface area contributed by atoms with Gasteiger partial charge in [-0.15, -0.1) is 0 Å². The van der Waals surface area contributed by atoms with E-state index >= 15 is 0 Å². The van der Waals surface area contributed by atoms with E-state index in [0.29, 0.717) is 17.1 Å². The van der Waals surface area contributed by atoms with Gasteiger partial charge in [0.1, 0.15) is 5.82 Å². The highest BCUT2D eigenvalue weighted by Gasteiger charge is 2.19. The predicted octanol–water partition coefficient (Wildman–Crippen LogP) is 2.24. The highest BCUT2D eigenvalue weighted by molar-refractivity contribution is 6.30. The summed E-state index contributed by atoms with van der Waals surface area (Å²) in [5.74, 6) is 1.15. The van der Waals surface area contributed by atoms with Gasteiger partial charge in [-0.2, -0.15) is 0 Å². The number of fused-ring (bicyclic) bond motifs is 1. The van der Waals surface area contributed by atoms with E-state index in [4.69, 9.17) is 11.6 Å². The Morgan fingerprint density at radius 2 is 2.05 bits per heavy atom. The fourth-order valence-corrected chi connectivity index (χ4v) is 2.41. The molecule has 0 saturated carbocycles. The Morgan fingerprint density at radius 1 is 1.26 bits per heavy atom. The molecule has 0 saturated heterocycles. The molecule has 19 heavy (non-hydrogen) atoms. The molecule has 4 nitrogen and oxygen atoms in total. The molecule has 1 aromatic heterocycles. The molecule has 0 amide bonds. The third kappa shape index (κ3) is 2.69. The van der Waals surface area contributed by atoms with Gasteiger partial charge in [-0.3, -0.25) is 9.69 Å². The van der Waals surface area contributed by atoms with Crippen LogP contribution in [0.3, 0.4) is 0 Å². The van der Waals surface area contributed by atoms with Crippen molar-refractivity contribution in [3.63, 3.8) is 0 Å². The Labute approximate surface area is 116 Å². The van der Waals surface area contributed by atoms with E-state index < -0.39 is 0 Å². The third-order valence-electron chi connectivity index (χ3n) is 3.36. The molecule has 2 aromatic rings. The number of aromatic nitrogens is 2. The van der Waals surface area contributed by atoms with Crippen LogP contribution < -0.4 is 0 Å². The van der Waals surface area contributed by atoms with Gasteiger partial charge in [0, 0.05) is 36.1 Å². The summed E-state index contributed by atoms with van der Waals surface area (Å²) < 4.78 is 2.13. The van der Waals surface area contributed by atoms with E-state index in [1.807, 2.05) is 6.20 Å². The molecular formula is C14H14ClN3O. The van der Waals surface area contributed by atoms with Crippen LogP contribution in [0.5, 0.6) is 0 Å². The van der Waals surface area contributed by atoms with E-state index in [9.17, 15) is 4.79 Å². The van der Waals surface area contributed by atoms with Crippen LogP contribution in [0.15, 0.2) is 36.7 Å². The first-order valence-electron chi connectivity index (χ1n) is 6.23. The quantitative estimate of drug-likeness (QED) is 0.807. The molecule has 0 bridgehead atoms. The lowest BCUT2D eigenvalue weighted by Gasteiger charge is -2.26. The molecule has 0 unspecified atom stereocenters. The first-order chi connectivity index (χ1) is 9.22. The summed E-state index contributed by atoms with van der Waals surface area (Å²) in [6.07, 6.45) is 3.79. The number of halogens is 1. The van der Waals surface area contributed by atoms with Crippen LogP contribution in [0.25, 0.3) is 0 Å². The van der Waals surface area contributed by atoms with Crippen LogP contribution in [0, 0.1) is 0 Å². The topological polar surface area (TPSA) is 38.1 Å². The Kier molecular flexibility index (Phi) is 3.36. The summed E-state index contributed by atoms with van der Waals surface area (Å²) >= 11 is 5.82. The molecular weight excluding hydrogens is 262 g/mol. The minimum absolute atomic E-state index is 0.122. The Bertz CT molecular complexity index is 591. The maximum absolute atomic E-state index is 12.2. The number of Topliss-reactive ketones (excluding diaryl/α,β-unsaturated/α-hetero) is 1. The Morgan fingerprint density at radius 3 is 2.84 bits per heavy atom. The van der Waals surface area contributed by atoms with Gasteiger partial charge in [0.05, 0.1) is 13.1 Å². The van der Waals surface area contributed by atoms with Gasteiger partial charge in [0.25, 0.3) is 0 Å². The molecule has 1 aliphatic heterocycles. The summed E-state index contributed by atoms with van der Waals surface area (Å²) in [6, 6.07) is 7.04. The van der Waals surface area contributed by atoms with E-state index in [2.05, 4.69) is 14.5 Å². The minimum Gasteiger partial charge on any atom is -0.333 e. The summed E-state index contributed by atoms with van der Waals surface area (Å²) in [6.45, 7) is 2.92.